The summed E-state index contributed by atoms with van der Waals surface area (Å²) in [5, 5.41) is 2.02. The Morgan fingerprint density at radius 1 is 1.40 bits per heavy atom. The average Bonchev–Trinajstić information content (AvgIpc) is 2.22. The van der Waals surface area contributed by atoms with Crippen LogP contribution >= 0.6 is 79.6 Å². The van der Waals surface area contributed by atoms with E-state index >= 15 is 0 Å². The van der Waals surface area contributed by atoms with Gasteiger partial charge in [-0.2, -0.15) is 0 Å². The Balaban J connectivity index is 2.66. The van der Waals surface area contributed by atoms with Gasteiger partial charge in [0.15, 0.2) is 0 Å². The number of halogens is 5. The van der Waals surface area contributed by atoms with E-state index in [-0.39, 0.29) is 8.65 Å². The summed E-state index contributed by atoms with van der Waals surface area (Å²) < 4.78 is 0.457. The molecule has 90 valence electrons. The Morgan fingerprint density at radius 2 is 2.00 bits per heavy atom. The monoisotopic (exact) mass is 530 g/mol. The van der Waals surface area contributed by atoms with Crippen LogP contribution in [0.15, 0.2) is 0 Å². The van der Waals surface area contributed by atoms with Crippen LogP contribution in [0, 0.1) is 5.92 Å². The van der Waals surface area contributed by atoms with Crippen molar-refractivity contribution in [1.82, 2.24) is 0 Å². The topological polar surface area (TPSA) is 0 Å². The van der Waals surface area contributed by atoms with Gasteiger partial charge in [0.25, 0.3) is 0 Å². The quantitative estimate of drug-likeness (QED) is 0.412. The van der Waals surface area contributed by atoms with Crippen LogP contribution in [0.2, 0.25) is 0 Å². The van der Waals surface area contributed by atoms with E-state index in [0.717, 1.165) is 16.6 Å². The van der Waals surface area contributed by atoms with Crippen molar-refractivity contribution in [3.8, 4) is 0 Å². The van der Waals surface area contributed by atoms with E-state index in [0.29, 0.717) is 4.83 Å². The van der Waals surface area contributed by atoms with Crippen LogP contribution in [-0.2, 0) is 0 Å². The fourth-order valence-electron chi connectivity index (χ4n) is 1.96. The van der Waals surface area contributed by atoms with Gasteiger partial charge in [-0.25, -0.2) is 0 Å². The first-order valence-corrected chi connectivity index (χ1v) is 9.74. The molecule has 0 aromatic rings. The van der Waals surface area contributed by atoms with Crippen LogP contribution in [0.3, 0.4) is 0 Å². The highest BCUT2D eigenvalue weighted by atomic mass is 79.9. The summed E-state index contributed by atoms with van der Waals surface area (Å²) in [7, 11) is 0. The van der Waals surface area contributed by atoms with E-state index in [1.54, 1.807) is 0 Å². The normalized spacial score (nSPS) is 41.2. The van der Waals surface area contributed by atoms with Crippen molar-refractivity contribution in [3.05, 3.63) is 0 Å². The molecule has 0 amide bonds. The zero-order valence-corrected chi connectivity index (χ0v) is 16.5. The second-order valence-corrected chi connectivity index (χ2v) is 10.1. The molecule has 4 atom stereocenters. The molecule has 0 heterocycles. The highest BCUT2D eigenvalue weighted by Gasteiger charge is 2.44. The van der Waals surface area contributed by atoms with Gasteiger partial charge in [0, 0.05) is 24.1 Å². The van der Waals surface area contributed by atoms with Crippen LogP contribution in [0.25, 0.3) is 0 Å². The van der Waals surface area contributed by atoms with E-state index in [2.05, 4.69) is 86.6 Å². The molecule has 0 bridgehead atoms. The predicted molar refractivity (Wildman–Crippen MR) is 86.6 cm³/mol. The Labute approximate surface area is 134 Å². The summed E-state index contributed by atoms with van der Waals surface area (Å²) in [6, 6.07) is 0. The molecular weight excluding hydrogens is 520 g/mol. The van der Waals surface area contributed by atoms with Crippen molar-refractivity contribution in [2.45, 2.75) is 39.7 Å². The van der Waals surface area contributed by atoms with E-state index in [4.69, 9.17) is 0 Å². The van der Waals surface area contributed by atoms with Crippen LogP contribution in [0.5, 0.6) is 0 Å². The van der Waals surface area contributed by atoms with Gasteiger partial charge in [0.05, 0.1) is 0 Å². The third-order valence-electron chi connectivity index (χ3n) is 3.30. The van der Waals surface area contributed by atoms with Gasteiger partial charge in [-0.15, -0.1) is 0 Å². The summed E-state index contributed by atoms with van der Waals surface area (Å²) in [4.78, 5) is 0.541. The molecule has 0 nitrogen and oxygen atoms in total. The molecular formula is C10H15Br5. The summed E-state index contributed by atoms with van der Waals surface area (Å²) >= 11 is 18.7. The van der Waals surface area contributed by atoms with E-state index in [1.807, 2.05) is 0 Å². The smallest absolute Gasteiger partial charge is 0.0479 e. The fourth-order valence-corrected chi connectivity index (χ4v) is 5.19. The van der Waals surface area contributed by atoms with E-state index in [9.17, 15) is 0 Å². The van der Waals surface area contributed by atoms with Gasteiger partial charge in [0.2, 0.25) is 0 Å². The van der Waals surface area contributed by atoms with Gasteiger partial charge in [0.1, 0.15) is 0 Å². The first-order chi connectivity index (χ1) is 6.85. The van der Waals surface area contributed by atoms with Crippen molar-refractivity contribution >= 4 is 79.6 Å². The van der Waals surface area contributed by atoms with Crippen LogP contribution in [0.1, 0.15) is 26.2 Å². The fraction of sp³-hybridized carbons (Fsp3) is 1.00. The Hall–Kier alpha value is 2.40. The van der Waals surface area contributed by atoms with Crippen molar-refractivity contribution < 1.29 is 0 Å². The minimum atomic E-state index is 0.222. The average molecular weight is 535 g/mol. The van der Waals surface area contributed by atoms with Crippen molar-refractivity contribution in [1.29, 1.82) is 0 Å². The van der Waals surface area contributed by atoms with Gasteiger partial charge >= 0.3 is 0 Å². The van der Waals surface area contributed by atoms with Crippen LogP contribution in [-0.4, -0.2) is 24.1 Å². The van der Waals surface area contributed by atoms with Crippen LogP contribution in [0.4, 0.5) is 0 Å². The molecule has 1 aliphatic rings. The van der Waals surface area contributed by atoms with Crippen molar-refractivity contribution in [2.24, 2.45) is 5.92 Å². The Morgan fingerprint density at radius 3 is 2.40 bits per heavy atom. The maximum atomic E-state index is 3.86. The standard InChI is InChI=1S/C10H15Br5/c1-9(14,5-11)7-2-3-10(15,6-12)8(13)4-7/h7-8H,2-6H2,1H3/t7-,8+,9+,10-/m1/s1. The summed E-state index contributed by atoms with van der Waals surface area (Å²) in [6.07, 6.45) is 3.70. The molecule has 0 aromatic heterocycles. The predicted octanol–water partition coefficient (Wildman–Crippen LogP) is 5.63. The minimum Gasteiger partial charge on any atom is -0.0913 e. The molecule has 0 spiro atoms. The maximum absolute atomic E-state index is 3.86. The molecule has 0 N–H and O–H groups in total. The van der Waals surface area contributed by atoms with Gasteiger partial charge in [-0.1, -0.05) is 79.6 Å². The summed E-state index contributed by atoms with van der Waals surface area (Å²) in [5.74, 6) is 0.728. The van der Waals surface area contributed by atoms with E-state index < -0.39 is 0 Å². The van der Waals surface area contributed by atoms with E-state index in [1.165, 1.54) is 19.3 Å². The Bertz CT molecular complexity index is 218. The second kappa shape index (κ2) is 6.03. The largest absolute Gasteiger partial charge is 0.0913 e. The third-order valence-corrected chi connectivity index (χ3v) is 11.0. The molecule has 1 rings (SSSR count). The molecule has 1 saturated carbocycles. The summed E-state index contributed by atoms with van der Waals surface area (Å²) in [5.41, 5.74) is 0. The lowest BCUT2D eigenvalue weighted by atomic mass is 9.77. The number of hydrogen-bond donors (Lipinski definition) is 0. The third kappa shape index (κ3) is 3.68. The molecule has 1 fully saturated rings. The lowest BCUT2D eigenvalue weighted by molar-refractivity contribution is 0.295. The van der Waals surface area contributed by atoms with Crippen molar-refractivity contribution in [3.63, 3.8) is 0 Å². The number of alkyl halides is 5. The lowest BCUT2D eigenvalue weighted by Crippen LogP contribution is -2.45. The molecule has 15 heavy (non-hydrogen) atoms. The van der Waals surface area contributed by atoms with Crippen LogP contribution < -0.4 is 0 Å². The zero-order chi connectivity index (χ0) is 11.7. The minimum absolute atomic E-state index is 0.222. The highest BCUT2D eigenvalue weighted by molar-refractivity contribution is 9.14. The molecule has 5 heteroatoms. The molecule has 0 aromatic carbocycles. The second-order valence-electron chi connectivity index (χ2n) is 4.52. The van der Waals surface area contributed by atoms with Gasteiger partial charge in [-0.05, 0) is 32.1 Å². The van der Waals surface area contributed by atoms with Gasteiger partial charge in [-0.3, -0.25) is 0 Å². The lowest BCUT2D eigenvalue weighted by Gasteiger charge is -2.43. The molecule has 0 aliphatic heterocycles. The van der Waals surface area contributed by atoms with Crippen molar-refractivity contribution in [2.75, 3.05) is 10.7 Å². The SMILES string of the molecule is C[C@](Br)(CBr)[C@@H]1CC[C@@](Br)(CBr)[C@@H](Br)C1. The highest BCUT2D eigenvalue weighted by Crippen LogP contribution is 2.48. The first-order valence-electron chi connectivity index (χ1n) is 4.99. The number of rotatable bonds is 3. The first kappa shape index (κ1) is 15.5. The molecule has 0 unspecified atom stereocenters. The van der Waals surface area contributed by atoms with Gasteiger partial charge < -0.3 is 0 Å². The maximum Gasteiger partial charge on any atom is 0.0479 e. The molecule has 0 radical (unpaired) electrons. The summed E-state index contributed by atoms with van der Waals surface area (Å²) in [6.45, 7) is 2.28. The zero-order valence-electron chi connectivity index (χ0n) is 8.58. The Kier molecular flexibility index (Phi) is 6.21. The molecule has 0 saturated heterocycles. The number of hydrogen-bond acceptors (Lipinski definition) is 0. The molecule has 1 aliphatic carbocycles.